The molecule has 26 heavy (non-hydrogen) atoms. The van der Waals surface area contributed by atoms with Crippen LogP contribution < -0.4 is 15.8 Å². The van der Waals surface area contributed by atoms with Crippen molar-refractivity contribution >= 4 is 32.7 Å². The Morgan fingerprint density at radius 2 is 1.92 bits per heavy atom. The lowest BCUT2D eigenvalue weighted by molar-refractivity contribution is -0.115. The number of hydrogen-bond donors (Lipinski definition) is 3. The maximum absolute atomic E-state index is 12.3. The standard InChI is InChI=1S/C16H12N4O5S/c17-8-10-1-3-11(4-2-10)19-15(21)9-18-26(23,24)12-5-6-13-14(7-12)25-16(22)20-13/h1-7,18H,9H2,(H,19,21)(H,20,22). The minimum Gasteiger partial charge on any atom is -0.408 e. The highest BCUT2D eigenvalue weighted by Gasteiger charge is 2.17. The van der Waals surface area contributed by atoms with Gasteiger partial charge in [-0.15, -0.1) is 0 Å². The highest BCUT2D eigenvalue weighted by Crippen LogP contribution is 2.16. The number of H-pyrrole nitrogens is 1. The van der Waals surface area contributed by atoms with Crippen LogP contribution in [0.3, 0.4) is 0 Å². The summed E-state index contributed by atoms with van der Waals surface area (Å²) >= 11 is 0. The van der Waals surface area contributed by atoms with E-state index in [2.05, 4.69) is 15.0 Å². The molecule has 0 aliphatic rings. The van der Waals surface area contributed by atoms with Gasteiger partial charge in [0.2, 0.25) is 15.9 Å². The first-order chi connectivity index (χ1) is 12.4. The number of carbonyl (C=O) groups is 1. The average molecular weight is 372 g/mol. The molecule has 10 heteroatoms. The smallest absolute Gasteiger partial charge is 0.408 e. The van der Waals surface area contributed by atoms with Crippen LogP contribution in [0.2, 0.25) is 0 Å². The summed E-state index contributed by atoms with van der Waals surface area (Å²) in [4.78, 5) is 25.3. The number of anilines is 1. The van der Waals surface area contributed by atoms with Crippen molar-refractivity contribution in [2.45, 2.75) is 4.90 Å². The second-order valence-electron chi connectivity index (χ2n) is 5.23. The first kappa shape index (κ1) is 17.4. The van der Waals surface area contributed by atoms with E-state index in [1.807, 2.05) is 6.07 Å². The van der Waals surface area contributed by atoms with E-state index in [1.165, 1.54) is 42.5 Å². The van der Waals surface area contributed by atoms with Crippen LogP contribution in [0.15, 0.2) is 56.6 Å². The van der Waals surface area contributed by atoms with Crippen molar-refractivity contribution in [3.8, 4) is 6.07 Å². The molecule has 0 aliphatic heterocycles. The molecular weight excluding hydrogens is 360 g/mol. The van der Waals surface area contributed by atoms with Crippen molar-refractivity contribution in [1.82, 2.24) is 9.71 Å². The van der Waals surface area contributed by atoms with Crippen LogP contribution in [0.1, 0.15) is 5.56 Å². The number of fused-ring (bicyclic) bond motifs is 1. The van der Waals surface area contributed by atoms with Crippen molar-refractivity contribution in [2.75, 3.05) is 11.9 Å². The second kappa shape index (κ2) is 6.83. The molecule has 3 N–H and O–H groups in total. The van der Waals surface area contributed by atoms with Crippen molar-refractivity contribution in [2.24, 2.45) is 0 Å². The van der Waals surface area contributed by atoms with E-state index in [1.54, 1.807) is 0 Å². The van der Waals surface area contributed by atoms with Gasteiger partial charge in [-0.2, -0.15) is 5.26 Å². The van der Waals surface area contributed by atoms with E-state index < -0.39 is 28.2 Å². The Morgan fingerprint density at radius 1 is 1.19 bits per heavy atom. The molecule has 0 spiro atoms. The van der Waals surface area contributed by atoms with Crippen LogP contribution in [0, 0.1) is 11.3 Å². The normalized spacial score (nSPS) is 11.2. The molecule has 0 saturated heterocycles. The third kappa shape index (κ3) is 3.80. The van der Waals surface area contributed by atoms with E-state index in [0.717, 1.165) is 0 Å². The van der Waals surface area contributed by atoms with Crippen molar-refractivity contribution in [3.05, 3.63) is 58.6 Å². The lowest BCUT2D eigenvalue weighted by Gasteiger charge is -2.08. The molecule has 0 bridgehead atoms. The van der Waals surface area contributed by atoms with Crippen LogP contribution in [-0.4, -0.2) is 25.9 Å². The molecule has 1 amide bonds. The molecule has 0 atom stereocenters. The monoisotopic (exact) mass is 372 g/mol. The maximum Gasteiger partial charge on any atom is 0.417 e. The zero-order valence-corrected chi connectivity index (χ0v) is 14.0. The number of aromatic amines is 1. The Kier molecular flexibility index (Phi) is 4.57. The van der Waals surface area contributed by atoms with Gasteiger partial charge in [0.05, 0.1) is 28.6 Å². The van der Waals surface area contributed by atoms with Crippen molar-refractivity contribution in [1.29, 1.82) is 5.26 Å². The molecule has 3 aromatic rings. The average Bonchev–Trinajstić information content (AvgIpc) is 3.00. The Balaban J connectivity index is 1.67. The first-order valence-corrected chi connectivity index (χ1v) is 8.78. The summed E-state index contributed by atoms with van der Waals surface area (Å²) in [6, 6.07) is 11.9. The third-order valence-corrected chi connectivity index (χ3v) is 4.82. The predicted octanol–water partition coefficient (Wildman–Crippen LogP) is 0.910. The number of rotatable bonds is 5. The Labute approximate surface area is 147 Å². The number of sulfonamides is 1. The van der Waals surface area contributed by atoms with E-state index >= 15 is 0 Å². The lowest BCUT2D eigenvalue weighted by Crippen LogP contribution is -2.32. The number of carbonyl (C=O) groups excluding carboxylic acids is 1. The Bertz CT molecular complexity index is 1170. The first-order valence-electron chi connectivity index (χ1n) is 7.30. The number of amides is 1. The minimum absolute atomic E-state index is 0.0971. The number of nitrogens with zero attached hydrogens (tertiary/aromatic N) is 1. The van der Waals surface area contributed by atoms with Crippen LogP contribution in [0.4, 0.5) is 5.69 Å². The zero-order valence-electron chi connectivity index (χ0n) is 13.1. The highest BCUT2D eigenvalue weighted by molar-refractivity contribution is 7.89. The summed E-state index contributed by atoms with van der Waals surface area (Å²) in [5.41, 5.74) is 1.34. The van der Waals surface area contributed by atoms with Gasteiger partial charge in [-0.3, -0.25) is 9.78 Å². The molecule has 132 valence electrons. The molecule has 2 aromatic carbocycles. The molecular formula is C16H12N4O5S. The topological polar surface area (TPSA) is 145 Å². The molecule has 0 radical (unpaired) electrons. The SMILES string of the molecule is N#Cc1ccc(NC(=O)CNS(=O)(=O)c2ccc3[nH]c(=O)oc3c2)cc1. The van der Waals surface area contributed by atoms with E-state index in [-0.39, 0.29) is 10.5 Å². The van der Waals surface area contributed by atoms with Gasteiger partial charge in [0.15, 0.2) is 5.58 Å². The second-order valence-corrected chi connectivity index (χ2v) is 7.00. The van der Waals surface area contributed by atoms with Gasteiger partial charge in [-0.1, -0.05) is 0 Å². The van der Waals surface area contributed by atoms with Gasteiger partial charge in [-0.05, 0) is 36.4 Å². The van der Waals surface area contributed by atoms with Gasteiger partial charge >= 0.3 is 5.76 Å². The van der Waals surface area contributed by atoms with Crippen LogP contribution in [0.25, 0.3) is 11.1 Å². The molecule has 9 nitrogen and oxygen atoms in total. The minimum atomic E-state index is -3.97. The molecule has 0 fully saturated rings. The van der Waals surface area contributed by atoms with Crippen molar-refractivity contribution < 1.29 is 17.6 Å². The summed E-state index contributed by atoms with van der Waals surface area (Å²) in [5.74, 6) is -1.27. The molecule has 0 saturated carbocycles. The zero-order chi connectivity index (χ0) is 18.7. The van der Waals surface area contributed by atoms with Crippen LogP contribution in [-0.2, 0) is 14.8 Å². The number of nitrogens with one attached hydrogen (secondary N) is 3. The summed E-state index contributed by atoms with van der Waals surface area (Å²) in [6.45, 7) is -0.489. The molecule has 1 aromatic heterocycles. The lowest BCUT2D eigenvalue weighted by atomic mass is 10.2. The van der Waals surface area contributed by atoms with Gasteiger partial charge in [-0.25, -0.2) is 17.9 Å². The molecule has 1 heterocycles. The van der Waals surface area contributed by atoms with E-state index in [0.29, 0.717) is 16.8 Å². The number of hydrogen-bond acceptors (Lipinski definition) is 6. The maximum atomic E-state index is 12.3. The fraction of sp³-hybridized carbons (Fsp3) is 0.0625. The predicted molar refractivity (Wildman–Crippen MR) is 91.8 cm³/mol. The molecule has 3 rings (SSSR count). The summed E-state index contributed by atoms with van der Waals surface area (Å²) in [6.07, 6.45) is 0. The fourth-order valence-corrected chi connectivity index (χ4v) is 3.17. The Morgan fingerprint density at radius 3 is 2.62 bits per heavy atom. The number of benzene rings is 2. The van der Waals surface area contributed by atoms with Gasteiger partial charge < -0.3 is 9.73 Å². The fourth-order valence-electron chi connectivity index (χ4n) is 2.17. The van der Waals surface area contributed by atoms with Gasteiger partial charge in [0.1, 0.15) is 0 Å². The number of aromatic nitrogens is 1. The molecule has 0 aliphatic carbocycles. The van der Waals surface area contributed by atoms with Crippen LogP contribution >= 0.6 is 0 Å². The number of nitriles is 1. The van der Waals surface area contributed by atoms with E-state index in [4.69, 9.17) is 9.68 Å². The quantitative estimate of drug-likeness (QED) is 0.607. The largest absolute Gasteiger partial charge is 0.417 e. The summed E-state index contributed by atoms with van der Waals surface area (Å²) in [7, 11) is -3.97. The Hall–Kier alpha value is -3.42. The molecule has 0 unspecified atom stereocenters. The third-order valence-electron chi connectivity index (χ3n) is 3.42. The van der Waals surface area contributed by atoms with Crippen molar-refractivity contribution in [3.63, 3.8) is 0 Å². The highest BCUT2D eigenvalue weighted by atomic mass is 32.2. The van der Waals surface area contributed by atoms with E-state index in [9.17, 15) is 18.0 Å². The van der Waals surface area contributed by atoms with Gasteiger partial charge in [0.25, 0.3) is 0 Å². The summed E-state index contributed by atoms with van der Waals surface area (Å²) in [5, 5.41) is 11.2. The van der Waals surface area contributed by atoms with Crippen LogP contribution in [0.5, 0.6) is 0 Å². The van der Waals surface area contributed by atoms with Gasteiger partial charge in [0, 0.05) is 11.8 Å². The summed E-state index contributed by atoms with van der Waals surface area (Å²) < 4.78 is 31.5. The number of oxazole rings is 1.